The van der Waals surface area contributed by atoms with Crippen molar-refractivity contribution in [3.8, 4) is 0 Å². The summed E-state index contributed by atoms with van der Waals surface area (Å²) in [5.74, 6) is 0.663. The lowest BCUT2D eigenvalue weighted by Gasteiger charge is -2.21. The zero-order valence-corrected chi connectivity index (χ0v) is 15.5. The summed E-state index contributed by atoms with van der Waals surface area (Å²) in [7, 11) is 0. The summed E-state index contributed by atoms with van der Waals surface area (Å²) >= 11 is 0. The van der Waals surface area contributed by atoms with Crippen LogP contribution in [0.15, 0.2) is 25.3 Å². The number of hydrogen-bond acceptors (Lipinski definition) is 8. The first-order valence-electron chi connectivity index (χ1n) is 9.29. The van der Waals surface area contributed by atoms with E-state index in [0.717, 1.165) is 25.8 Å². The first kappa shape index (κ1) is 19.7. The molecule has 0 spiro atoms. The molecule has 0 amide bonds. The third kappa shape index (κ3) is 4.11. The van der Waals surface area contributed by atoms with Gasteiger partial charge in [-0.05, 0) is 6.42 Å². The Bertz CT molecular complexity index is 752. The average molecular weight is 377 g/mol. The molecule has 0 aliphatic carbocycles. The predicted molar refractivity (Wildman–Crippen MR) is 100 cm³/mol. The molecule has 0 unspecified atom stereocenters. The predicted octanol–water partition coefficient (Wildman–Crippen LogP) is 1.25. The minimum absolute atomic E-state index is 0.256. The smallest absolute Gasteiger partial charge is 0.167 e. The molecule has 9 nitrogen and oxygen atoms in total. The number of nitrogens with zero attached hydrogens (tertiary/aromatic N) is 4. The second kappa shape index (κ2) is 9.23. The number of aromatic nitrogens is 4. The van der Waals surface area contributed by atoms with Crippen LogP contribution in [0.3, 0.4) is 0 Å². The van der Waals surface area contributed by atoms with E-state index in [1.807, 2.05) is 0 Å². The summed E-state index contributed by atoms with van der Waals surface area (Å²) in [6.45, 7) is 6.55. The van der Waals surface area contributed by atoms with Crippen LogP contribution >= 0.6 is 0 Å². The molecule has 4 atom stereocenters. The van der Waals surface area contributed by atoms with E-state index < -0.39 is 24.5 Å². The van der Waals surface area contributed by atoms with Crippen LogP contribution < -0.4 is 5.32 Å². The molecule has 9 heteroatoms. The Kier molecular flexibility index (Phi) is 6.73. The van der Waals surface area contributed by atoms with Gasteiger partial charge in [-0.3, -0.25) is 4.57 Å². The number of rotatable bonds is 10. The molecule has 3 rings (SSSR count). The zero-order valence-electron chi connectivity index (χ0n) is 15.5. The van der Waals surface area contributed by atoms with Crippen LogP contribution in [0.4, 0.5) is 5.82 Å². The molecular weight excluding hydrogens is 350 g/mol. The average Bonchev–Trinajstić information content (AvgIpc) is 3.25. The highest BCUT2D eigenvalue weighted by Gasteiger charge is 2.45. The molecule has 27 heavy (non-hydrogen) atoms. The van der Waals surface area contributed by atoms with Gasteiger partial charge in [-0.2, -0.15) is 0 Å². The second-order valence-electron chi connectivity index (χ2n) is 6.51. The summed E-state index contributed by atoms with van der Waals surface area (Å²) in [5, 5.41) is 23.2. The Balaban J connectivity index is 1.86. The molecule has 1 aliphatic heterocycles. The van der Waals surface area contributed by atoms with Gasteiger partial charge in [0.2, 0.25) is 0 Å². The number of unbranched alkanes of at least 4 members (excludes halogenated alkanes) is 2. The second-order valence-corrected chi connectivity index (χ2v) is 6.51. The van der Waals surface area contributed by atoms with Crippen molar-refractivity contribution >= 4 is 17.0 Å². The van der Waals surface area contributed by atoms with E-state index in [2.05, 4.69) is 33.8 Å². The van der Waals surface area contributed by atoms with Crippen LogP contribution in [0.5, 0.6) is 0 Å². The lowest BCUT2D eigenvalue weighted by molar-refractivity contribution is -0.0645. The summed E-state index contributed by atoms with van der Waals surface area (Å²) in [6.07, 6.45) is 4.97. The molecule has 1 aliphatic rings. The van der Waals surface area contributed by atoms with Gasteiger partial charge in [-0.15, -0.1) is 6.58 Å². The Hall–Kier alpha value is -2.07. The summed E-state index contributed by atoms with van der Waals surface area (Å²) in [4.78, 5) is 13.0. The van der Waals surface area contributed by atoms with Gasteiger partial charge in [-0.1, -0.05) is 25.8 Å². The van der Waals surface area contributed by atoms with Gasteiger partial charge in [0.05, 0.1) is 19.5 Å². The molecule has 0 aromatic carbocycles. The molecule has 0 bridgehead atoms. The molecule has 1 saturated heterocycles. The molecule has 1 fully saturated rings. The number of aliphatic hydroxyl groups is 2. The summed E-state index contributed by atoms with van der Waals surface area (Å²) in [6, 6.07) is 0. The maximum absolute atomic E-state index is 10.4. The van der Waals surface area contributed by atoms with Gasteiger partial charge in [0.15, 0.2) is 23.2 Å². The van der Waals surface area contributed by atoms with Crippen molar-refractivity contribution in [2.75, 3.05) is 25.1 Å². The van der Waals surface area contributed by atoms with E-state index in [0.29, 0.717) is 17.0 Å². The molecule has 0 saturated carbocycles. The van der Waals surface area contributed by atoms with Gasteiger partial charge >= 0.3 is 0 Å². The van der Waals surface area contributed by atoms with Crippen molar-refractivity contribution in [3.63, 3.8) is 0 Å². The Morgan fingerprint density at radius 1 is 1.37 bits per heavy atom. The monoisotopic (exact) mass is 377 g/mol. The SMILES string of the molecule is C=CCO[C@@H]1[C@H](O)[C@@H](CO)O[C@H]1n1cnc2c(NCCCCC)ncnc21. The number of ether oxygens (including phenoxy) is 2. The van der Waals surface area contributed by atoms with E-state index in [9.17, 15) is 10.2 Å². The number of nitrogens with one attached hydrogen (secondary N) is 1. The Labute approximate surface area is 158 Å². The minimum Gasteiger partial charge on any atom is -0.394 e. The maximum Gasteiger partial charge on any atom is 0.167 e. The van der Waals surface area contributed by atoms with Gasteiger partial charge in [0.25, 0.3) is 0 Å². The lowest BCUT2D eigenvalue weighted by Crippen LogP contribution is -2.35. The molecular formula is C18H27N5O4. The van der Waals surface area contributed by atoms with E-state index >= 15 is 0 Å². The number of hydrogen-bond donors (Lipinski definition) is 3. The van der Waals surface area contributed by atoms with Gasteiger partial charge in [0, 0.05) is 6.54 Å². The van der Waals surface area contributed by atoms with E-state index in [1.54, 1.807) is 17.0 Å². The van der Waals surface area contributed by atoms with Gasteiger partial charge < -0.3 is 25.0 Å². The summed E-state index contributed by atoms with van der Waals surface area (Å²) in [5.41, 5.74) is 1.20. The molecule has 0 radical (unpaired) electrons. The highest BCUT2D eigenvalue weighted by atomic mass is 16.6. The Morgan fingerprint density at radius 3 is 2.96 bits per heavy atom. The quantitative estimate of drug-likeness (QED) is 0.419. The summed E-state index contributed by atoms with van der Waals surface area (Å²) < 4.78 is 13.2. The van der Waals surface area contributed by atoms with Gasteiger partial charge in [-0.25, -0.2) is 15.0 Å². The van der Waals surface area contributed by atoms with Crippen molar-refractivity contribution in [1.29, 1.82) is 0 Å². The topological polar surface area (TPSA) is 115 Å². The normalized spacial score (nSPS) is 25.1. The van der Waals surface area contributed by atoms with Crippen LogP contribution in [0.25, 0.3) is 11.2 Å². The molecule has 3 heterocycles. The first-order valence-corrected chi connectivity index (χ1v) is 9.29. The standard InChI is InChI=1S/C18H27N5O4/c1-3-5-6-7-19-16-13-17(21-10-20-16)23(11-22-13)18-15(26-8-4-2)14(25)12(9-24)27-18/h4,10-12,14-15,18,24-25H,2-3,5-9H2,1H3,(H,19,20,21)/t12-,14-,15-,18-/m1/s1. The molecule has 148 valence electrons. The Morgan fingerprint density at radius 2 is 2.22 bits per heavy atom. The number of aliphatic hydroxyl groups excluding tert-OH is 2. The number of fused-ring (bicyclic) bond motifs is 1. The van der Waals surface area contributed by atoms with Crippen LogP contribution in [0, 0.1) is 0 Å². The first-order chi connectivity index (χ1) is 13.2. The fourth-order valence-electron chi connectivity index (χ4n) is 3.20. The van der Waals surface area contributed by atoms with Crippen LogP contribution in [-0.2, 0) is 9.47 Å². The fourth-order valence-corrected chi connectivity index (χ4v) is 3.20. The van der Waals surface area contributed by atoms with Crippen LogP contribution in [0.2, 0.25) is 0 Å². The van der Waals surface area contributed by atoms with Crippen molar-refractivity contribution in [3.05, 3.63) is 25.3 Å². The lowest BCUT2D eigenvalue weighted by atomic mass is 10.1. The fraction of sp³-hybridized carbons (Fsp3) is 0.611. The maximum atomic E-state index is 10.4. The van der Waals surface area contributed by atoms with Crippen molar-refractivity contribution < 1.29 is 19.7 Å². The number of anilines is 1. The third-order valence-corrected chi connectivity index (χ3v) is 4.60. The van der Waals surface area contributed by atoms with Crippen LogP contribution in [0.1, 0.15) is 32.4 Å². The largest absolute Gasteiger partial charge is 0.394 e. The van der Waals surface area contributed by atoms with E-state index in [-0.39, 0.29) is 13.2 Å². The van der Waals surface area contributed by atoms with E-state index in [4.69, 9.17) is 9.47 Å². The van der Waals surface area contributed by atoms with Crippen molar-refractivity contribution in [2.24, 2.45) is 0 Å². The zero-order chi connectivity index (χ0) is 19.2. The molecule has 3 N–H and O–H groups in total. The molecule has 2 aromatic rings. The highest BCUT2D eigenvalue weighted by molar-refractivity contribution is 5.82. The molecule has 2 aromatic heterocycles. The van der Waals surface area contributed by atoms with Crippen molar-refractivity contribution in [2.45, 2.75) is 50.7 Å². The van der Waals surface area contributed by atoms with Crippen molar-refractivity contribution in [1.82, 2.24) is 19.5 Å². The third-order valence-electron chi connectivity index (χ3n) is 4.60. The van der Waals surface area contributed by atoms with Gasteiger partial charge in [0.1, 0.15) is 24.6 Å². The number of imidazole rings is 1. The van der Waals surface area contributed by atoms with E-state index in [1.165, 1.54) is 6.33 Å². The van der Waals surface area contributed by atoms with Crippen LogP contribution in [-0.4, -0.2) is 67.8 Å². The minimum atomic E-state index is -0.967. The highest BCUT2D eigenvalue weighted by Crippen LogP contribution is 2.34.